The fourth-order valence-corrected chi connectivity index (χ4v) is 4.40. The molecule has 0 saturated carbocycles. The Balaban J connectivity index is 1.64. The Morgan fingerprint density at radius 3 is 1.55 bits per heavy atom. The number of carbonyl (C=O) groups excluding carboxylic acids is 2. The second kappa shape index (κ2) is 5.35. The van der Waals surface area contributed by atoms with Crippen LogP contribution in [0.5, 0.6) is 0 Å². The largest absolute Gasteiger partial charge is 0.295 e. The number of carbonyl (C=O) groups is 2. The summed E-state index contributed by atoms with van der Waals surface area (Å²) < 4.78 is 0. The summed E-state index contributed by atoms with van der Waals surface area (Å²) in [7, 11) is 0. The summed E-state index contributed by atoms with van der Waals surface area (Å²) in [5, 5.41) is 0. The second-order valence-corrected chi connectivity index (χ2v) is 6.86. The van der Waals surface area contributed by atoms with E-state index in [0.717, 1.165) is 25.7 Å². The summed E-state index contributed by atoms with van der Waals surface area (Å²) in [5.74, 6) is 1.16. The topological polar surface area (TPSA) is 34.1 Å². The van der Waals surface area contributed by atoms with E-state index in [4.69, 9.17) is 0 Å². The molecule has 0 fully saturated rings. The average molecular weight is 292 g/mol. The zero-order chi connectivity index (χ0) is 15.1. The minimum absolute atomic E-state index is 0.0965. The fourth-order valence-electron chi connectivity index (χ4n) is 4.40. The first-order valence-electron chi connectivity index (χ1n) is 8.19. The van der Waals surface area contributed by atoms with Crippen molar-refractivity contribution in [3.8, 4) is 0 Å². The number of hydrogen-bond donors (Lipinski definition) is 0. The van der Waals surface area contributed by atoms with E-state index in [9.17, 15) is 9.59 Å². The predicted molar refractivity (Wildman–Crippen MR) is 86.0 cm³/mol. The molecule has 4 atom stereocenters. The first kappa shape index (κ1) is 13.7. The van der Waals surface area contributed by atoms with Crippen molar-refractivity contribution in [2.45, 2.75) is 25.7 Å². The highest BCUT2D eigenvalue weighted by Crippen LogP contribution is 2.47. The Labute approximate surface area is 131 Å². The number of rotatable bonds is 0. The standard InChI is InChI=1S/C20H20O2/c21-19-7-8-20(22)18-12-16-10-14-6-4-2-1-3-5-13(14)9-15(16)11-17(18)19/h1-8,13-14,17-18H,9-12H2. The molecule has 0 N–H and O–H groups in total. The summed E-state index contributed by atoms with van der Waals surface area (Å²) in [5.41, 5.74) is 2.89. The van der Waals surface area contributed by atoms with Crippen LogP contribution in [0.1, 0.15) is 25.7 Å². The highest BCUT2D eigenvalue weighted by Gasteiger charge is 2.41. The molecule has 0 aromatic carbocycles. The lowest BCUT2D eigenvalue weighted by molar-refractivity contribution is -0.129. The van der Waals surface area contributed by atoms with Gasteiger partial charge in [-0.2, -0.15) is 0 Å². The number of hydrogen-bond acceptors (Lipinski definition) is 2. The molecule has 0 heterocycles. The first-order chi connectivity index (χ1) is 10.7. The van der Waals surface area contributed by atoms with E-state index in [1.54, 1.807) is 0 Å². The molecular formula is C20H20O2. The zero-order valence-corrected chi connectivity index (χ0v) is 12.6. The Morgan fingerprint density at radius 2 is 1.09 bits per heavy atom. The third kappa shape index (κ3) is 2.27. The molecule has 2 nitrogen and oxygen atoms in total. The minimum Gasteiger partial charge on any atom is -0.295 e. The van der Waals surface area contributed by atoms with Crippen LogP contribution >= 0.6 is 0 Å². The normalized spacial score (nSPS) is 36.5. The third-order valence-corrected chi connectivity index (χ3v) is 5.63. The van der Waals surface area contributed by atoms with E-state index in [1.165, 1.54) is 23.3 Å². The van der Waals surface area contributed by atoms with Crippen molar-refractivity contribution < 1.29 is 9.59 Å². The van der Waals surface area contributed by atoms with Crippen LogP contribution in [0.25, 0.3) is 0 Å². The van der Waals surface area contributed by atoms with Gasteiger partial charge in [0.05, 0.1) is 0 Å². The van der Waals surface area contributed by atoms with E-state index in [1.807, 2.05) is 0 Å². The molecule has 0 aromatic heterocycles. The van der Waals surface area contributed by atoms with Crippen LogP contribution in [0.15, 0.2) is 59.8 Å². The molecule has 2 heteroatoms. The summed E-state index contributed by atoms with van der Waals surface area (Å²) in [6.07, 6.45) is 19.7. The van der Waals surface area contributed by atoms with Gasteiger partial charge in [0.1, 0.15) is 0 Å². The monoisotopic (exact) mass is 292 g/mol. The Hall–Kier alpha value is -1.96. The number of fused-ring (bicyclic) bond motifs is 2. The summed E-state index contributed by atoms with van der Waals surface area (Å²) >= 11 is 0. The Kier molecular flexibility index (Phi) is 3.33. The van der Waals surface area contributed by atoms with Gasteiger partial charge in [0, 0.05) is 11.8 Å². The maximum absolute atomic E-state index is 12.1. The van der Waals surface area contributed by atoms with Crippen LogP contribution in [-0.2, 0) is 9.59 Å². The molecule has 4 aliphatic carbocycles. The van der Waals surface area contributed by atoms with Gasteiger partial charge < -0.3 is 0 Å². The molecule has 4 rings (SSSR count). The SMILES string of the molecule is O=C1C=CC(=O)C2CC3=C(CC4C=CC=CC=CC4C3)CC12. The lowest BCUT2D eigenvalue weighted by atomic mass is 9.63. The van der Waals surface area contributed by atoms with Crippen molar-refractivity contribution in [1.29, 1.82) is 0 Å². The van der Waals surface area contributed by atoms with Gasteiger partial charge in [-0.3, -0.25) is 9.59 Å². The molecule has 112 valence electrons. The minimum atomic E-state index is -0.0965. The van der Waals surface area contributed by atoms with Crippen molar-refractivity contribution in [2.75, 3.05) is 0 Å². The molecule has 0 aromatic rings. The van der Waals surface area contributed by atoms with Crippen molar-refractivity contribution in [1.82, 2.24) is 0 Å². The van der Waals surface area contributed by atoms with Crippen molar-refractivity contribution in [3.63, 3.8) is 0 Å². The summed E-state index contributed by atoms with van der Waals surface area (Å²) in [6, 6.07) is 0. The van der Waals surface area contributed by atoms with Crippen LogP contribution in [0, 0.1) is 23.7 Å². The van der Waals surface area contributed by atoms with Crippen LogP contribution in [0.2, 0.25) is 0 Å². The maximum atomic E-state index is 12.1. The quantitative estimate of drug-likeness (QED) is 0.638. The molecule has 4 unspecified atom stereocenters. The highest BCUT2D eigenvalue weighted by atomic mass is 16.1. The van der Waals surface area contributed by atoms with Crippen molar-refractivity contribution in [2.24, 2.45) is 23.7 Å². The van der Waals surface area contributed by atoms with Crippen LogP contribution in [-0.4, -0.2) is 11.6 Å². The molecule has 0 radical (unpaired) electrons. The smallest absolute Gasteiger partial charge is 0.159 e. The van der Waals surface area contributed by atoms with E-state index in [2.05, 4.69) is 36.5 Å². The number of ketones is 2. The molecule has 0 saturated heterocycles. The van der Waals surface area contributed by atoms with E-state index >= 15 is 0 Å². The van der Waals surface area contributed by atoms with Crippen LogP contribution < -0.4 is 0 Å². The van der Waals surface area contributed by atoms with Gasteiger partial charge in [-0.05, 0) is 49.7 Å². The summed E-state index contributed by atoms with van der Waals surface area (Å²) in [6.45, 7) is 0. The maximum Gasteiger partial charge on any atom is 0.159 e. The predicted octanol–water partition coefficient (Wildman–Crippen LogP) is 3.73. The van der Waals surface area contributed by atoms with Gasteiger partial charge in [-0.1, -0.05) is 47.6 Å². The molecule has 0 aliphatic heterocycles. The average Bonchev–Trinajstić information content (AvgIpc) is 2.50. The number of allylic oxidation sites excluding steroid dienone is 10. The fraction of sp³-hybridized carbons (Fsp3) is 0.400. The van der Waals surface area contributed by atoms with Gasteiger partial charge in [0.25, 0.3) is 0 Å². The van der Waals surface area contributed by atoms with E-state index in [-0.39, 0.29) is 23.4 Å². The van der Waals surface area contributed by atoms with Crippen molar-refractivity contribution >= 4 is 11.6 Å². The Bertz CT molecular complexity index is 616. The van der Waals surface area contributed by atoms with Crippen LogP contribution in [0.4, 0.5) is 0 Å². The van der Waals surface area contributed by atoms with E-state index < -0.39 is 0 Å². The lowest BCUT2D eigenvalue weighted by Gasteiger charge is -2.40. The van der Waals surface area contributed by atoms with Gasteiger partial charge in [0.2, 0.25) is 0 Å². The third-order valence-electron chi connectivity index (χ3n) is 5.63. The molecule has 0 bridgehead atoms. The molecule has 0 amide bonds. The van der Waals surface area contributed by atoms with Crippen LogP contribution in [0.3, 0.4) is 0 Å². The molecule has 22 heavy (non-hydrogen) atoms. The second-order valence-electron chi connectivity index (χ2n) is 6.86. The summed E-state index contributed by atoms with van der Waals surface area (Å²) in [4.78, 5) is 24.3. The van der Waals surface area contributed by atoms with Gasteiger partial charge in [-0.15, -0.1) is 0 Å². The Morgan fingerprint density at radius 1 is 0.636 bits per heavy atom. The molecule has 0 spiro atoms. The first-order valence-corrected chi connectivity index (χ1v) is 8.19. The molecular weight excluding hydrogens is 272 g/mol. The van der Waals surface area contributed by atoms with E-state index in [0.29, 0.717) is 11.8 Å². The van der Waals surface area contributed by atoms with Crippen molar-refractivity contribution in [3.05, 3.63) is 59.8 Å². The lowest BCUT2D eigenvalue weighted by Crippen LogP contribution is -2.37. The van der Waals surface area contributed by atoms with Gasteiger partial charge >= 0.3 is 0 Å². The zero-order valence-electron chi connectivity index (χ0n) is 12.6. The van der Waals surface area contributed by atoms with Gasteiger partial charge in [-0.25, -0.2) is 0 Å². The van der Waals surface area contributed by atoms with Gasteiger partial charge in [0.15, 0.2) is 11.6 Å². The molecule has 4 aliphatic rings. The highest BCUT2D eigenvalue weighted by molar-refractivity contribution is 6.07.